The number of piperazine rings is 1. The van der Waals surface area contributed by atoms with Gasteiger partial charge in [-0.25, -0.2) is 15.0 Å². The first-order valence-electron chi connectivity index (χ1n) is 11.4. The highest BCUT2D eigenvalue weighted by molar-refractivity contribution is 6.00. The molecule has 0 unspecified atom stereocenters. The molecular formula is C26H26N8O. The van der Waals surface area contributed by atoms with Crippen molar-refractivity contribution in [1.82, 2.24) is 24.8 Å². The summed E-state index contributed by atoms with van der Waals surface area (Å²) >= 11 is 0. The van der Waals surface area contributed by atoms with Crippen LogP contribution in [0.3, 0.4) is 0 Å². The number of amides is 1. The van der Waals surface area contributed by atoms with E-state index in [1.165, 1.54) is 6.08 Å². The number of rotatable bonds is 6. The largest absolute Gasteiger partial charge is 0.354 e. The van der Waals surface area contributed by atoms with Crippen LogP contribution in [0.15, 0.2) is 73.7 Å². The van der Waals surface area contributed by atoms with Crippen LogP contribution in [0.1, 0.15) is 0 Å². The van der Waals surface area contributed by atoms with Gasteiger partial charge < -0.3 is 20.4 Å². The average Bonchev–Trinajstić information content (AvgIpc) is 2.89. The van der Waals surface area contributed by atoms with Gasteiger partial charge >= 0.3 is 0 Å². The molecule has 9 nitrogen and oxygen atoms in total. The van der Waals surface area contributed by atoms with Gasteiger partial charge in [0.05, 0.1) is 18.1 Å². The third-order valence-electron chi connectivity index (χ3n) is 5.94. The molecule has 1 aliphatic rings. The van der Waals surface area contributed by atoms with Gasteiger partial charge in [0.2, 0.25) is 11.9 Å². The van der Waals surface area contributed by atoms with Gasteiger partial charge in [0.1, 0.15) is 16.9 Å². The number of benzene rings is 1. The Hall–Kier alpha value is -4.37. The predicted octanol–water partition coefficient (Wildman–Crippen LogP) is 3.71. The Kier molecular flexibility index (Phi) is 6.32. The van der Waals surface area contributed by atoms with Crippen LogP contribution in [0, 0.1) is 0 Å². The van der Waals surface area contributed by atoms with Gasteiger partial charge in [0, 0.05) is 43.6 Å². The van der Waals surface area contributed by atoms with E-state index in [4.69, 9.17) is 4.98 Å². The second kappa shape index (κ2) is 9.86. The minimum atomic E-state index is -0.261. The van der Waals surface area contributed by atoms with Gasteiger partial charge in [-0.3, -0.25) is 9.78 Å². The molecule has 4 heterocycles. The quantitative estimate of drug-likeness (QED) is 0.415. The van der Waals surface area contributed by atoms with E-state index in [0.29, 0.717) is 22.7 Å². The lowest BCUT2D eigenvalue weighted by Crippen LogP contribution is -2.44. The minimum absolute atomic E-state index is 0.261. The molecule has 4 aromatic rings. The fraction of sp³-hybridized carbons (Fsp3) is 0.192. The van der Waals surface area contributed by atoms with Gasteiger partial charge in [-0.05, 0) is 49.0 Å². The molecule has 2 N–H and O–H groups in total. The number of aromatic nitrogens is 4. The van der Waals surface area contributed by atoms with Crippen molar-refractivity contribution in [1.29, 1.82) is 0 Å². The molecule has 3 aromatic heterocycles. The zero-order valence-corrected chi connectivity index (χ0v) is 19.5. The summed E-state index contributed by atoms with van der Waals surface area (Å²) in [5.74, 6) is 1.16. The molecule has 1 saturated heterocycles. The molecule has 0 radical (unpaired) electrons. The molecular weight excluding hydrogens is 440 g/mol. The maximum absolute atomic E-state index is 11.7. The van der Waals surface area contributed by atoms with Crippen LogP contribution in [0.2, 0.25) is 0 Å². The number of carbonyl (C=O) groups excluding carboxylic acids is 1. The molecule has 1 aliphatic heterocycles. The number of anilines is 4. The van der Waals surface area contributed by atoms with Crippen molar-refractivity contribution in [2.45, 2.75) is 0 Å². The number of nitrogens with one attached hydrogen (secondary N) is 2. The Morgan fingerprint density at radius 1 is 1.00 bits per heavy atom. The summed E-state index contributed by atoms with van der Waals surface area (Å²) in [4.78, 5) is 34.5. The summed E-state index contributed by atoms with van der Waals surface area (Å²) in [5.41, 5.74) is 4.66. The Labute approximate surface area is 203 Å². The van der Waals surface area contributed by atoms with Gasteiger partial charge in [-0.1, -0.05) is 18.7 Å². The maximum atomic E-state index is 11.7. The van der Waals surface area contributed by atoms with Gasteiger partial charge in [-0.15, -0.1) is 0 Å². The molecule has 1 aromatic carbocycles. The van der Waals surface area contributed by atoms with E-state index in [9.17, 15) is 4.79 Å². The number of carbonyl (C=O) groups is 1. The van der Waals surface area contributed by atoms with E-state index >= 15 is 0 Å². The molecule has 1 amide bonds. The molecule has 1 fully saturated rings. The second-order valence-electron chi connectivity index (χ2n) is 8.38. The van der Waals surface area contributed by atoms with Crippen LogP contribution in [0.4, 0.5) is 23.1 Å². The van der Waals surface area contributed by atoms with Crippen LogP contribution in [0.5, 0.6) is 0 Å². The fourth-order valence-corrected chi connectivity index (χ4v) is 4.00. The molecule has 0 aliphatic carbocycles. The second-order valence-corrected chi connectivity index (χ2v) is 8.38. The molecule has 9 heteroatoms. The van der Waals surface area contributed by atoms with Crippen molar-refractivity contribution in [2.75, 3.05) is 48.8 Å². The summed E-state index contributed by atoms with van der Waals surface area (Å²) in [6, 6.07) is 13.5. The molecule has 0 saturated carbocycles. The lowest BCUT2D eigenvalue weighted by Gasteiger charge is -2.33. The van der Waals surface area contributed by atoms with Crippen molar-refractivity contribution < 1.29 is 4.79 Å². The van der Waals surface area contributed by atoms with Crippen LogP contribution < -0.4 is 15.5 Å². The first-order chi connectivity index (χ1) is 17.1. The van der Waals surface area contributed by atoms with Crippen molar-refractivity contribution in [3.05, 3.63) is 73.7 Å². The van der Waals surface area contributed by atoms with Crippen molar-refractivity contribution >= 4 is 40.1 Å². The summed E-state index contributed by atoms with van der Waals surface area (Å²) in [7, 11) is 2.14. The SMILES string of the molecule is C=CC(=O)Nc1cccc(-c2ccnc3cnc(Nc4ccc(N5CCN(C)CC5)nc4)nc23)c1. The van der Waals surface area contributed by atoms with E-state index in [1.807, 2.05) is 42.5 Å². The van der Waals surface area contributed by atoms with Crippen LogP contribution in [-0.2, 0) is 4.79 Å². The van der Waals surface area contributed by atoms with E-state index in [2.05, 4.69) is 49.0 Å². The van der Waals surface area contributed by atoms with E-state index in [1.54, 1.807) is 18.6 Å². The van der Waals surface area contributed by atoms with Gasteiger partial charge in [0.25, 0.3) is 0 Å². The minimum Gasteiger partial charge on any atom is -0.354 e. The van der Waals surface area contributed by atoms with Crippen LogP contribution >= 0.6 is 0 Å². The monoisotopic (exact) mass is 466 g/mol. The molecule has 35 heavy (non-hydrogen) atoms. The molecule has 0 bridgehead atoms. The highest BCUT2D eigenvalue weighted by atomic mass is 16.1. The lowest BCUT2D eigenvalue weighted by atomic mass is 10.0. The van der Waals surface area contributed by atoms with Crippen LogP contribution in [-0.4, -0.2) is 64.0 Å². The van der Waals surface area contributed by atoms with Crippen molar-refractivity contribution in [3.63, 3.8) is 0 Å². The summed E-state index contributed by atoms with van der Waals surface area (Å²) in [6.07, 6.45) is 6.47. The van der Waals surface area contributed by atoms with Crippen molar-refractivity contribution in [3.8, 4) is 11.1 Å². The Morgan fingerprint density at radius 3 is 2.63 bits per heavy atom. The van der Waals surface area contributed by atoms with Gasteiger partial charge in [-0.2, -0.15) is 0 Å². The van der Waals surface area contributed by atoms with E-state index in [0.717, 1.165) is 48.8 Å². The summed E-state index contributed by atoms with van der Waals surface area (Å²) in [5, 5.41) is 6.04. The lowest BCUT2D eigenvalue weighted by molar-refractivity contribution is -0.111. The number of nitrogens with zero attached hydrogens (tertiary/aromatic N) is 6. The summed E-state index contributed by atoms with van der Waals surface area (Å²) < 4.78 is 0. The Morgan fingerprint density at radius 2 is 1.86 bits per heavy atom. The molecule has 0 atom stereocenters. The highest BCUT2D eigenvalue weighted by Crippen LogP contribution is 2.29. The highest BCUT2D eigenvalue weighted by Gasteiger charge is 2.15. The topological polar surface area (TPSA) is 99.2 Å². The third kappa shape index (κ3) is 5.10. The van der Waals surface area contributed by atoms with Gasteiger partial charge in [0.15, 0.2) is 0 Å². The number of pyridine rings is 2. The molecule has 5 rings (SSSR count). The average molecular weight is 467 g/mol. The third-order valence-corrected chi connectivity index (χ3v) is 5.94. The first kappa shape index (κ1) is 22.4. The summed E-state index contributed by atoms with van der Waals surface area (Å²) in [6.45, 7) is 7.51. The first-order valence-corrected chi connectivity index (χ1v) is 11.4. The zero-order chi connectivity index (χ0) is 24.2. The zero-order valence-electron chi connectivity index (χ0n) is 19.5. The standard InChI is InChI=1S/C26H26N8O/c1-3-24(35)30-19-6-4-5-18(15-19)21-9-10-27-22-17-29-26(32-25(21)22)31-20-7-8-23(28-16-20)34-13-11-33(2)12-14-34/h3-10,15-17H,1,11-14H2,2H3,(H,30,35)(H,29,31,32). The maximum Gasteiger partial charge on any atom is 0.247 e. The Balaban J connectivity index is 1.39. The Bertz CT molecular complexity index is 1360. The number of fused-ring (bicyclic) bond motifs is 1. The van der Waals surface area contributed by atoms with E-state index < -0.39 is 0 Å². The number of likely N-dealkylation sites (N-methyl/N-ethyl adjacent to an activating group) is 1. The van der Waals surface area contributed by atoms with E-state index in [-0.39, 0.29) is 5.91 Å². The molecule has 0 spiro atoms. The predicted molar refractivity (Wildman–Crippen MR) is 139 cm³/mol. The smallest absolute Gasteiger partial charge is 0.247 e. The number of hydrogen-bond acceptors (Lipinski definition) is 8. The van der Waals surface area contributed by atoms with Crippen molar-refractivity contribution in [2.24, 2.45) is 0 Å². The molecule has 176 valence electrons. The normalized spacial score (nSPS) is 14.0. The fourth-order valence-electron chi connectivity index (χ4n) is 4.00. The van der Waals surface area contributed by atoms with Crippen LogP contribution in [0.25, 0.3) is 22.2 Å². The number of hydrogen-bond donors (Lipinski definition) is 2.